The first-order valence-electron chi connectivity index (χ1n) is 14.4. The first kappa shape index (κ1) is 30.7. The van der Waals surface area contributed by atoms with Gasteiger partial charge in [-0.05, 0) is 52.0 Å². The largest absolute Gasteiger partial charge is 0.449 e. The van der Waals surface area contributed by atoms with E-state index in [0.29, 0.717) is 37.8 Å². The number of nitrogens with zero attached hydrogens (tertiary/aromatic N) is 5. The molecule has 1 fully saturated rings. The number of rotatable bonds is 7. The maximum Gasteiger partial charge on any atom is 0.409 e. The third kappa shape index (κ3) is 6.92. The van der Waals surface area contributed by atoms with Gasteiger partial charge in [0, 0.05) is 51.6 Å². The number of pyridine rings is 1. The Bertz CT molecular complexity index is 1510. The van der Waals surface area contributed by atoms with Gasteiger partial charge in [-0.3, -0.25) is 14.7 Å². The number of aryl methyl sites for hydroxylation is 1. The average molecular weight is 607 g/mol. The summed E-state index contributed by atoms with van der Waals surface area (Å²) in [6, 6.07) is 9.11. The van der Waals surface area contributed by atoms with Gasteiger partial charge in [0.05, 0.1) is 42.6 Å². The van der Waals surface area contributed by atoms with E-state index >= 15 is 0 Å². The Labute approximate surface area is 257 Å². The summed E-state index contributed by atoms with van der Waals surface area (Å²) < 4.78 is 12.6. The monoisotopic (exact) mass is 606 g/mol. The van der Waals surface area contributed by atoms with E-state index in [2.05, 4.69) is 21.3 Å². The van der Waals surface area contributed by atoms with Crippen LogP contribution in [0.5, 0.6) is 0 Å². The molecule has 2 aromatic heterocycles. The number of fused-ring (bicyclic) bond motifs is 2. The van der Waals surface area contributed by atoms with Crippen LogP contribution in [0.1, 0.15) is 60.9 Å². The number of aromatic nitrogens is 3. The zero-order chi connectivity index (χ0) is 30.7. The predicted octanol–water partition coefficient (Wildman–Crippen LogP) is 4.72. The minimum Gasteiger partial charge on any atom is -0.449 e. The van der Waals surface area contributed by atoms with Crippen molar-refractivity contribution in [3.63, 3.8) is 0 Å². The second-order valence-electron chi connectivity index (χ2n) is 12.2. The van der Waals surface area contributed by atoms with Gasteiger partial charge in [0.2, 0.25) is 5.91 Å². The van der Waals surface area contributed by atoms with E-state index in [1.165, 1.54) is 7.11 Å². The van der Waals surface area contributed by atoms with Crippen molar-refractivity contribution in [1.82, 2.24) is 29.7 Å². The molecule has 0 radical (unpaired) electrons. The maximum absolute atomic E-state index is 12.9. The molecule has 0 bridgehead atoms. The summed E-state index contributed by atoms with van der Waals surface area (Å²) >= 11 is 6.63. The Kier molecular flexibility index (Phi) is 9.19. The number of nitrogens with one attached hydrogen (secondary N) is 1. The molecule has 2 amide bonds. The fraction of sp³-hybridized carbons (Fsp3) is 0.438. The number of halogens is 1. The van der Waals surface area contributed by atoms with Crippen LogP contribution in [0.4, 0.5) is 4.79 Å². The zero-order valence-corrected chi connectivity index (χ0v) is 26.1. The molecule has 2 atom stereocenters. The van der Waals surface area contributed by atoms with E-state index in [-0.39, 0.29) is 30.1 Å². The molecule has 5 rings (SSSR count). The van der Waals surface area contributed by atoms with Crippen LogP contribution in [0.3, 0.4) is 0 Å². The topological polar surface area (TPSA) is 102 Å². The molecule has 10 nitrogen and oxygen atoms in total. The normalized spacial score (nSPS) is 17.8. The van der Waals surface area contributed by atoms with Gasteiger partial charge >= 0.3 is 6.09 Å². The lowest BCUT2D eigenvalue weighted by Crippen LogP contribution is -2.50. The van der Waals surface area contributed by atoms with Crippen molar-refractivity contribution < 1.29 is 19.1 Å². The number of carbonyl (C=O) groups is 2. The SMILES string of the molecule is COCC(=O)NC(C1=Cc2cccnc2C(N2CCN(C(=O)OCC(C)(C)C)CC2)c2ccc(Cl)cc21)c1cncn1C. The minimum absolute atomic E-state index is 0.0761. The van der Waals surface area contributed by atoms with Crippen molar-refractivity contribution in [3.05, 3.63) is 82.2 Å². The number of hydrogen-bond donors (Lipinski definition) is 1. The molecular weight excluding hydrogens is 568 g/mol. The van der Waals surface area contributed by atoms with Crippen LogP contribution in [-0.4, -0.2) is 82.8 Å². The molecule has 0 saturated carbocycles. The quantitative estimate of drug-likeness (QED) is 0.415. The lowest BCUT2D eigenvalue weighted by molar-refractivity contribution is -0.125. The smallest absolute Gasteiger partial charge is 0.409 e. The second kappa shape index (κ2) is 12.9. The summed E-state index contributed by atoms with van der Waals surface area (Å²) in [6.45, 7) is 8.77. The molecule has 2 aliphatic rings. The summed E-state index contributed by atoms with van der Waals surface area (Å²) in [6.07, 6.45) is 7.08. The third-order valence-corrected chi connectivity index (χ3v) is 7.91. The second-order valence-corrected chi connectivity index (χ2v) is 12.6. The number of hydrogen-bond acceptors (Lipinski definition) is 7. The van der Waals surface area contributed by atoms with Crippen LogP contribution in [0.2, 0.25) is 5.02 Å². The van der Waals surface area contributed by atoms with Crippen LogP contribution in [-0.2, 0) is 21.3 Å². The number of benzene rings is 1. The number of carbonyl (C=O) groups excluding carboxylic acids is 2. The van der Waals surface area contributed by atoms with E-state index < -0.39 is 6.04 Å². The summed E-state index contributed by atoms with van der Waals surface area (Å²) in [7, 11) is 3.40. The van der Waals surface area contributed by atoms with Crippen molar-refractivity contribution in [2.45, 2.75) is 32.9 Å². The highest BCUT2D eigenvalue weighted by molar-refractivity contribution is 6.30. The van der Waals surface area contributed by atoms with Gasteiger partial charge in [0.15, 0.2) is 0 Å². The first-order chi connectivity index (χ1) is 20.6. The van der Waals surface area contributed by atoms with E-state index in [0.717, 1.165) is 33.7 Å². The number of imidazole rings is 1. The highest BCUT2D eigenvalue weighted by Gasteiger charge is 2.36. The van der Waals surface area contributed by atoms with Crippen molar-refractivity contribution in [2.75, 3.05) is 46.5 Å². The molecule has 1 saturated heterocycles. The lowest BCUT2D eigenvalue weighted by atomic mass is 9.89. The Balaban J connectivity index is 1.54. The highest BCUT2D eigenvalue weighted by atomic mass is 35.5. The summed E-state index contributed by atoms with van der Waals surface area (Å²) in [5.74, 6) is -0.250. The minimum atomic E-state index is -0.534. The standard InChI is InChI=1S/C32H39ClN6O4/c1-32(2,3)19-43-31(41)39-13-11-38(12-14-39)30-23-9-8-22(33)16-24(23)25(15-21-7-6-10-35-28(21)30)29(36-27(40)18-42-5)26-17-34-20-37(26)4/h6-10,15-17,20,29-30H,11-14,18-19H2,1-5H3,(H,36,40). The molecule has 228 valence electrons. The molecular formula is C32H39ClN6O4. The Hall–Kier alpha value is -3.73. The molecule has 1 aliphatic carbocycles. The first-order valence-corrected chi connectivity index (χ1v) is 14.8. The van der Waals surface area contributed by atoms with Crippen LogP contribution >= 0.6 is 11.6 Å². The van der Waals surface area contributed by atoms with E-state index in [1.54, 1.807) is 23.6 Å². The highest BCUT2D eigenvalue weighted by Crippen LogP contribution is 2.44. The molecule has 1 aliphatic heterocycles. The van der Waals surface area contributed by atoms with Gasteiger partial charge in [-0.25, -0.2) is 9.78 Å². The van der Waals surface area contributed by atoms with E-state index in [4.69, 9.17) is 26.1 Å². The molecule has 1 N–H and O–H groups in total. The van der Waals surface area contributed by atoms with Crippen LogP contribution in [0.15, 0.2) is 49.1 Å². The Morgan fingerprint density at radius 2 is 1.93 bits per heavy atom. The zero-order valence-electron chi connectivity index (χ0n) is 25.3. The maximum atomic E-state index is 12.9. The number of piperazine rings is 1. The third-order valence-electron chi connectivity index (χ3n) is 7.67. The van der Waals surface area contributed by atoms with E-state index in [9.17, 15) is 9.59 Å². The van der Waals surface area contributed by atoms with Gasteiger partial charge in [0.25, 0.3) is 0 Å². The van der Waals surface area contributed by atoms with Gasteiger partial charge in [-0.15, -0.1) is 0 Å². The number of ether oxygens (including phenoxy) is 2. The number of methoxy groups -OCH3 is 1. The summed E-state index contributed by atoms with van der Waals surface area (Å²) in [4.78, 5) is 39.1. The summed E-state index contributed by atoms with van der Waals surface area (Å²) in [5, 5.41) is 3.74. The fourth-order valence-corrected chi connectivity index (χ4v) is 5.79. The van der Waals surface area contributed by atoms with Crippen molar-refractivity contribution in [3.8, 4) is 0 Å². The van der Waals surface area contributed by atoms with Crippen LogP contribution in [0, 0.1) is 5.41 Å². The van der Waals surface area contributed by atoms with Crippen molar-refractivity contribution >= 4 is 35.3 Å². The molecule has 2 unspecified atom stereocenters. The van der Waals surface area contributed by atoms with Crippen molar-refractivity contribution in [1.29, 1.82) is 0 Å². The Morgan fingerprint density at radius 3 is 2.60 bits per heavy atom. The molecule has 0 spiro atoms. The predicted molar refractivity (Wildman–Crippen MR) is 165 cm³/mol. The molecule has 43 heavy (non-hydrogen) atoms. The van der Waals surface area contributed by atoms with E-state index in [1.807, 2.05) is 62.7 Å². The molecule has 3 heterocycles. The van der Waals surface area contributed by atoms with Gasteiger partial charge in [-0.2, -0.15) is 0 Å². The van der Waals surface area contributed by atoms with Crippen molar-refractivity contribution in [2.24, 2.45) is 12.5 Å². The molecule has 11 heteroatoms. The fourth-order valence-electron chi connectivity index (χ4n) is 5.62. The molecule has 3 aromatic rings. The van der Waals surface area contributed by atoms with Crippen LogP contribution < -0.4 is 5.32 Å². The van der Waals surface area contributed by atoms with Crippen LogP contribution in [0.25, 0.3) is 11.6 Å². The lowest BCUT2D eigenvalue weighted by Gasteiger charge is -2.39. The molecule has 1 aromatic carbocycles. The Morgan fingerprint density at radius 1 is 1.16 bits per heavy atom. The van der Waals surface area contributed by atoms with Gasteiger partial charge < -0.3 is 24.3 Å². The van der Waals surface area contributed by atoms with Gasteiger partial charge in [-0.1, -0.05) is 44.5 Å². The summed E-state index contributed by atoms with van der Waals surface area (Å²) in [5.41, 5.74) is 5.35. The average Bonchev–Trinajstić information content (AvgIpc) is 3.34. The van der Waals surface area contributed by atoms with Gasteiger partial charge in [0.1, 0.15) is 6.61 Å². The number of amides is 2.